The van der Waals surface area contributed by atoms with Crippen molar-refractivity contribution in [2.45, 2.75) is 183 Å². The van der Waals surface area contributed by atoms with Gasteiger partial charge in [0.05, 0.1) is 86.0 Å². The van der Waals surface area contributed by atoms with Crippen molar-refractivity contribution in [3.8, 4) is 0 Å². The van der Waals surface area contributed by atoms with Crippen LogP contribution in [0.5, 0.6) is 0 Å². The van der Waals surface area contributed by atoms with Crippen molar-refractivity contribution in [3.63, 3.8) is 0 Å². The van der Waals surface area contributed by atoms with Gasteiger partial charge < -0.3 is 81.1 Å². The highest BCUT2D eigenvalue weighted by atomic mass is 16.7. The predicted molar refractivity (Wildman–Crippen MR) is 264 cm³/mol. The van der Waals surface area contributed by atoms with Crippen LogP contribution in [-0.2, 0) is 38.1 Å². The lowest BCUT2D eigenvalue weighted by atomic mass is 9.82. The van der Waals surface area contributed by atoms with Gasteiger partial charge in [0.15, 0.2) is 12.1 Å². The Balaban J connectivity index is 1.97. The van der Waals surface area contributed by atoms with Crippen LogP contribution >= 0.6 is 0 Å². The first kappa shape index (κ1) is 62.8. The zero-order chi connectivity index (χ0) is 54.4. The van der Waals surface area contributed by atoms with E-state index in [0.717, 1.165) is 6.92 Å². The molecule has 15 N–H and O–H groups in total. The molecule has 0 aromatic heterocycles. The molecule has 0 unspecified atom stereocenters. The fraction of sp³-hybridized carbons (Fsp3) is 0.647. The fourth-order valence-corrected chi connectivity index (χ4v) is 8.60. The molecule has 73 heavy (non-hydrogen) atoms. The number of aliphatic hydroxyl groups is 10. The van der Waals surface area contributed by atoms with Crippen LogP contribution in [0.25, 0.3) is 0 Å². The number of hydrazine groups is 1. The van der Waals surface area contributed by atoms with Crippen molar-refractivity contribution >= 4 is 23.7 Å². The summed E-state index contributed by atoms with van der Waals surface area (Å²) >= 11 is 0. The molecule has 3 rings (SSSR count). The van der Waals surface area contributed by atoms with E-state index >= 15 is 0 Å². The number of amides is 3. The van der Waals surface area contributed by atoms with Crippen molar-refractivity contribution in [2.75, 3.05) is 6.54 Å². The summed E-state index contributed by atoms with van der Waals surface area (Å²) < 4.78 is 23.6. The van der Waals surface area contributed by atoms with Crippen molar-refractivity contribution < 1.29 is 89.2 Å². The highest BCUT2D eigenvalue weighted by Gasteiger charge is 2.51. The molecular weight excluding hydrogens is 957 g/mol. The van der Waals surface area contributed by atoms with E-state index in [-0.39, 0.29) is 31.6 Å². The molecule has 2 bridgehead atoms. The monoisotopic (exact) mass is 1040 g/mol. The number of hydrogen-bond donors (Lipinski definition) is 14. The summed E-state index contributed by atoms with van der Waals surface area (Å²) in [6.07, 6.45) is 1.99. The van der Waals surface area contributed by atoms with Gasteiger partial charge in [0.25, 0.3) is 0 Å². The molecule has 0 radical (unpaired) electrons. The van der Waals surface area contributed by atoms with E-state index in [1.807, 2.05) is 13.0 Å². The Hall–Kier alpha value is -4.50. The Kier molecular flexibility index (Phi) is 27.0. The van der Waals surface area contributed by atoms with E-state index in [9.17, 15) is 70.2 Å². The number of nitrogens with two attached hydrogens (primary N) is 1. The number of hydrogen-bond acceptors (Lipinski definition) is 19. The number of allylic oxidation sites excluding steroid dienone is 12. The van der Waals surface area contributed by atoms with Gasteiger partial charge in [0.1, 0.15) is 18.3 Å². The molecule has 412 valence electrons. The van der Waals surface area contributed by atoms with Gasteiger partial charge in [0.2, 0.25) is 17.7 Å². The van der Waals surface area contributed by atoms with Crippen LogP contribution in [0.4, 0.5) is 0 Å². The minimum Gasteiger partial charge on any atom is -0.462 e. The normalized spacial score (nSPS) is 41.6. The van der Waals surface area contributed by atoms with E-state index in [0.29, 0.717) is 0 Å². The second-order valence-electron chi connectivity index (χ2n) is 19.1. The molecule has 3 aliphatic heterocycles. The smallest absolute Gasteiger partial charge is 0.308 e. The Morgan fingerprint density at radius 1 is 0.685 bits per heavy atom. The highest BCUT2D eigenvalue weighted by molar-refractivity contribution is 5.83. The molecule has 2 fully saturated rings. The number of fused-ring (bicyclic) bond motifs is 2. The Morgan fingerprint density at radius 3 is 1.86 bits per heavy atom. The van der Waals surface area contributed by atoms with Crippen molar-refractivity contribution in [1.82, 2.24) is 16.2 Å². The molecule has 0 saturated carbocycles. The van der Waals surface area contributed by atoms with E-state index in [2.05, 4.69) is 16.2 Å². The van der Waals surface area contributed by atoms with Gasteiger partial charge in [-0.25, -0.2) is 0 Å². The van der Waals surface area contributed by atoms with Gasteiger partial charge in [0, 0.05) is 44.4 Å². The third-order valence-corrected chi connectivity index (χ3v) is 12.9. The summed E-state index contributed by atoms with van der Waals surface area (Å²) in [5.74, 6) is -7.68. The molecule has 0 aromatic rings. The van der Waals surface area contributed by atoms with Gasteiger partial charge in [-0.15, -0.1) is 0 Å². The Labute approximate surface area is 426 Å². The number of carbonyl (C=O) groups is 4. The van der Waals surface area contributed by atoms with E-state index in [1.165, 1.54) is 13.0 Å². The molecule has 0 spiro atoms. The summed E-state index contributed by atoms with van der Waals surface area (Å²) in [5.41, 5.74) is 9.82. The summed E-state index contributed by atoms with van der Waals surface area (Å²) in [7, 11) is 0. The van der Waals surface area contributed by atoms with Gasteiger partial charge in [-0.3, -0.25) is 30.0 Å². The first-order valence-electron chi connectivity index (χ1n) is 24.7. The summed E-state index contributed by atoms with van der Waals surface area (Å²) in [6, 6.07) is -1.30. The van der Waals surface area contributed by atoms with Crippen LogP contribution in [0, 0.1) is 17.8 Å². The Morgan fingerprint density at radius 2 is 1.27 bits per heavy atom. The minimum atomic E-state index is -2.39. The SMILES string of the molecule is CC(=O)NNC(=O)[C@H]1[C@@H]2C[C@@H](O[C@@H]3O[C@H](C)[C@@H](O)[C@H](NC(=O)CN)[C@@H]3O)/C=C/C=C\C=C/C=C\C=C/C=C\C=C/[C@H](C)[C@@H](O)[C@@H](C)[C@H](C)OC(=O)C[C@H](O)C[C@H](O)CC[C@@H](O)[C@H](O)C[C@H](O)C[C@](O)(C[C@@H]1O)O2. The number of esters is 1. The first-order valence-corrected chi connectivity index (χ1v) is 24.7. The number of carbonyl (C=O) groups excluding carboxylic acids is 4. The van der Waals surface area contributed by atoms with Gasteiger partial charge in [-0.2, -0.15) is 0 Å². The number of rotatable bonds is 5. The second kappa shape index (κ2) is 31.4. The van der Waals surface area contributed by atoms with Gasteiger partial charge in [-0.1, -0.05) is 98.9 Å². The Bertz CT molecular complexity index is 1950. The van der Waals surface area contributed by atoms with Crippen LogP contribution in [0.15, 0.2) is 85.1 Å². The lowest BCUT2D eigenvalue weighted by Gasteiger charge is -2.46. The third kappa shape index (κ3) is 21.7. The number of cyclic esters (lactones) is 1. The maximum absolute atomic E-state index is 13.6. The molecule has 3 amide bonds. The zero-order valence-electron chi connectivity index (χ0n) is 42.2. The van der Waals surface area contributed by atoms with Crippen LogP contribution < -0.4 is 21.9 Å². The maximum Gasteiger partial charge on any atom is 0.308 e. The summed E-state index contributed by atoms with van der Waals surface area (Å²) in [4.78, 5) is 50.3. The number of nitrogens with one attached hydrogen (secondary N) is 3. The fourth-order valence-electron chi connectivity index (χ4n) is 8.60. The maximum atomic E-state index is 13.6. The number of aliphatic hydroxyl groups excluding tert-OH is 9. The van der Waals surface area contributed by atoms with Crippen molar-refractivity contribution in [2.24, 2.45) is 23.5 Å². The molecule has 0 aromatic carbocycles. The zero-order valence-corrected chi connectivity index (χ0v) is 42.2. The standard InChI is InChI=1S/C51H80N4O18/c1-29-18-16-14-12-10-8-6-7-9-11-13-15-17-19-37(72-50-48(67)45(53-42(63)28-52)47(66)32(4)71-50)25-41-44(49(68)55-54-33(5)56)40(62)27-51(69,73-41)26-36(59)23-39(61)38(60)21-20-34(57)22-35(58)24-43(64)70-31(3)30(2)46(29)65/h6-19,29-32,34-41,44-48,50,57-62,65-67,69H,20-28,52H2,1-5H3,(H,53,63)(H,54,56)(H,55,68)/b7-6-,10-8-,11-9-,14-12-,15-13-,18-16-,19-17+/t29-,30-,31-,32+,34+,35+,36-,37-,38+,39+,40-,41-,44+,45-,46+,47+,48-,50-,51+/m0/s1. The van der Waals surface area contributed by atoms with E-state index in [4.69, 9.17) is 24.7 Å². The molecule has 22 nitrogen and oxygen atoms in total. The van der Waals surface area contributed by atoms with Crippen LogP contribution in [0.3, 0.4) is 0 Å². The van der Waals surface area contributed by atoms with E-state index in [1.54, 1.807) is 86.8 Å². The highest BCUT2D eigenvalue weighted by Crippen LogP contribution is 2.38. The lowest BCUT2D eigenvalue weighted by molar-refractivity contribution is -0.307. The molecule has 3 aliphatic rings. The van der Waals surface area contributed by atoms with Gasteiger partial charge >= 0.3 is 5.97 Å². The quantitative estimate of drug-likeness (QED) is 0.115. The van der Waals surface area contributed by atoms with Crippen LogP contribution in [0.1, 0.15) is 86.0 Å². The largest absolute Gasteiger partial charge is 0.462 e. The number of ether oxygens (including phenoxy) is 4. The lowest BCUT2D eigenvalue weighted by Crippen LogP contribution is -2.64. The molecule has 19 atom stereocenters. The average molecular weight is 1040 g/mol. The summed E-state index contributed by atoms with van der Waals surface area (Å²) in [6.45, 7) is 7.34. The summed E-state index contributed by atoms with van der Waals surface area (Å²) in [5, 5.41) is 113. The molecule has 3 heterocycles. The van der Waals surface area contributed by atoms with Crippen LogP contribution in [-0.4, -0.2) is 179 Å². The minimum absolute atomic E-state index is 0.133. The molecule has 2 saturated heterocycles. The van der Waals surface area contributed by atoms with Crippen molar-refractivity contribution in [3.05, 3.63) is 85.1 Å². The second-order valence-corrected chi connectivity index (χ2v) is 19.1. The van der Waals surface area contributed by atoms with Gasteiger partial charge in [-0.05, 0) is 33.1 Å². The molecule has 22 heteroatoms. The third-order valence-electron chi connectivity index (χ3n) is 12.9. The van der Waals surface area contributed by atoms with Crippen LogP contribution in [0.2, 0.25) is 0 Å². The van der Waals surface area contributed by atoms with E-state index < -0.39 is 165 Å². The first-order chi connectivity index (χ1) is 34.4. The topological polar surface area (TPSA) is 370 Å². The molecular formula is C51H80N4O18. The van der Waals surface area contributed by atoms with Crippen molar-refractivity contribution in [1.29, 1.82) is 0 Å². The predicted octanol–water partition coefficient (Wildman–Crippen LogP) is -1.09. The average Bonchev–Trinajstić information content (AvgIpc) is 3.31. The molecule has 0 aliphatic carbocycles.